The first kappa shape index (κ1) is 17.0. The van der Waals surface area contributed by atoms with E-state index in [1.165, 1.54) is 12.1 Å². The Morgan fingerprint density at radius 2 is 1.96 bits per heavy atom. The Kier molecular flexibility index (Phi) is 4.21. The standard InChI is InChI=1S/C15H15FN6O2S/c1-8-13(22(23)24)9(2)21(19-8)10(3)14-17-18-15(25)20(14)12-6-4-11(16)5-7-12/h4-7,10H,1-3H3,(H,18,25)/t10-/m0/s1. The first-order valence-electron chi connectivity index (χ1n) is 7.44. The third-order valence-electron chi connectivity index (χ3n) is 3.99. The molecule has 3 aromatic rings. The molecule has 0 aliphatic rings. The van der Waals surface area contributed by atoms with Gasteiger partial charge in [0.15, 0.2) is 10.6 Å². The van der Waals surface area contributed by atoms with Crippen molar-refractivity contribution in [1.29, 1.82) is 0 Å². The average molecular weight is 362 g/mol. The summed E-state index contributed by atoms with van der Waals surface area (Å²) in [7, 11) is 0. The highest BCUT2D eigenvalue weighted by atomic mass is 32.1. The molecule has 0 aliphatic heterocycles. The molecule has 1 aromatic carbocycles. The van der Waals surface area contributed by atoms with Crippen LogP contribution in [0.5, 0.6) is 0 Å². The van der Waals surface area contributed by atoms with Gasteiger partial charge >= 0.3 is 5.69 Å². The van der Waals surface area contributed by atoms with E-state index in [-0.39, 0.29) is 11.5 Å². The topological polar surface area (TPSA) is 94.6 Å². The van der Waals surface area contributed by atoms with Crippen molar-refractivity contribution in [3.8, 4) is 5.69 Å². The Labute approximate surface area is 147 Å². The molecule has 2 aromatic heterocycles. The molecule has 0 radical (unpaired) electrons. The number of aromatic amines is 1. The summed E-state index contributed by atoms with van der Waals surface area (Å²) < 4.78 is 16.7. The molecule has 0 amide bonds. The van der Waals surface area contributed by atoms with Gasteiger partial charge in [0.2, 0.25) is 0 Å². The molecule has 130 valence electrons. The number of halogens is 1. The van der Waals surface area contributed by atoms with Gasteiger partial charge in [-0.15, -0.1) is 0 Å². The van der Waals surface area contributed by atoms with Gasteiger partial charge in [-0.3, -0.25) is 24.5 Å². The third kappa shape index (κ3) is 2.84. The molecule has 1 N–H and O–H groups in total. The zero-order chi connectivity index (χ0) is 18.3. The zero-order valence-corrected chi connectivity index (χ0v) is 14.5. The second-order valence-electron chi connectivity index (χ2n) is 5.60. The molecule has 0 fully saturated rings. The van der Waals surface area contributed by atoms with E-state index < -0.39 is 11.0 Å². The second kappa shape index (κ2) is 6.20. The molecule has 2 heterocycles. The van der Waals surface area contributed by atoms with E-state index >= 15 is 0 Å². The van der Waals surface area contributed by atoms with Gasteiger partial charge in [-0.05, 0) is 57.3 Å². The normalized spacial score (nSPS) is 12.3. The maximum Gasteiger partial charge on any atom is 0.312 e. The summed E-state index contributed by atoms with van der Waals surface area (Å²) in [4.78, 5) is 10.8. The van der Waals surface area contributed by atoms with Crippen LogP contribution in [0.15, 0.2) is 24.3 Å². The van der Waals surface area contributed by atoms with Crippen molar-refractivity contribution in [2.24, 2.45) is 0 Å². The SMILES string of the molecule is Cc1nn([C@@H](C)c2n[nH]c(=S)n2-c2ccc(F)cc2)c(C)c1[N+](=O)[O-]. The zero-order valence-electron chi connectivity index (χ0n) is 13.7. The number of hydrogen-bond donors (Lipinski definition) is 1. The third-order valence-corrected chi connectivity index (χ3v) is 4.27. The average Bonchev–Trinajstić information content (AvgIpc) is 3.07. The number of rotatable bonds is 4. The fourth-order valence-electron chi connectivity index (χ4n) is 2.83. The van der Waals surface area contributed by atoms with Crippen molar-refractivity contribution in [2.75, 3.05) is 0 Å². The summed E-state index contributed by atoms with van der Waals surface area (Å²) in [5, 5.41) is 22.4. The Balaban J connectivity index is 2.12. The summed E-state index contributed by atoms with van der Waals surface area (Å²) in [5.74, 6) is 0.152. The predicted molar refractivity (Wildman–Crippen MR) is 90.9 cm³/mol. The van der Waals surface area contributed by atoms with Crippen LogP contribution in [-0.2, 0) is 0 Å². The lowest BCUT2D eigenvalue weighted by Crippen LogP contribution is -2.15. The van der Waals surface area contributed by atoms with Gasteiger partial charge in [0.25, 0.3) is 0 Å². The summed E-state index contributed by atoms with van der Waals surface area (Å²) in [6, 6.07) is 5.39. The fraction of sp³-hybridized carbons (Fsp3) is 0.267. The van der Waals surface area contributed by atoms with Gasteiger partial charge in [0.1, 0.15) is 23.2 Å². The summed E-state index contributed by atoms with van der Waals surface area (Å²) in [6.45, 7) is 5.04. The molecule has 0 aliphatic carbocycles. The number of H-pyrrole nitrogens is 1. The van der Waals surface area contributed by atoms with E-state index in [0.29, 0.717) is 27.7 Å². The maximum absolute atomic E-state index is 13.2. The van der Waals surface area contributed by atoms with Crippen LogP contribution in [0.4, 0.5) is 10.1 Å². The summed E-state index contributed by atoms with van der Waals surface area (Å²) in [6.07, 6.45) is 0. The molecule has 3 rings (SSSR count). The van der Waals surface area contributed by atoms with Crippen LogP contribution in [0.2, 0.25) is 0 Å². The van der Waals surface area contributed by atoms with Crippen LogP contribution in [-0.4, -0.2) is 29.5 Å². The van der Waals surface area contributed by atoms with Crippen LogP contribution >= 0.6 is 12.2 Å². The predicted octanol–water partition coefficient (Wildman–Crippen LogP) is 3.40. The highest BCUT2D eigenvalue weighted by Gasteiger charge is 2.27. The van der Waals surface area contributed by atoms with Gasteiger partial charge in [-0.2, -0.15) is 10.2 Å². The van der Waals surface area contributed by atoms with Gasteiger partial charge < -0.3 is 0 Å². The molecular weight excluding hydrogens is 347 g/mol. The number of hydrogen-bond acceptors (Lipinski definition) is 5. The minimum absolute atomic E-state index is 0.0192. The molecule has 8 nitrogen and oxygen atoms in total. The van der Waals surface area contributed by atoms with Gasteiger partial charge in [0.05, 0.1) is 4.92 Å². The monoisotopic (exact) mass is 362 g/mol. The molecule has 0 unspecified atom stereocenters. The van der Waals surface area contributed by atoms with E-state index in [1.807, 2.05) is 6.92 Å². The smallest absolute Gasteiger partial charge is 0.270 e. The van der Waals surface area contributed by atoms with Crippen LogP contribution in [0, 0.1) is 34.6 Å². The van der Waals surface area contributed by atoms with Crippen molar-refractivity contribution in [3.05, 3.63) is 62.2 Å². The van der Waals surface area contributed by atoms with Crippen molar-refractivity contribution in [3.63, 3.8) is 0 Å². The Bertz CT molecular complexity index is 1000. The second-order valence-corrected chi connectivity index (χ2v) is 5.98. The lowest BCUT2D eigenvalue weighted by molar-refractivity contribution is -0.386. The minimum atomic E-state index is -0.446. The van der Waals surface area contributed by atoms with Crippen LogP contribution in [0.1, 0.15) is 30.2 Å². The molecule has 25 heavy (non-hydrogen) atoms. The Hall–Kier alpha value is -2.88. The van der Waals surface area contributed by atoms with Crippen molar-refractivity contribution >= 4 is 17.9 Å². The lowest BCUT2D eigenvalue weighted by atomic mass is 10.2. The van der Waals surface area contributed by atoms with E-state index in [1.54, 1.807) is 35.2 Å². The van der Waals surface area contributed by atoms with Crippen LogP contribution in [0.25, 0.3) is 5.69 Å². The van der Waals surface area contributed by atoms with Crippen molar-refractivity contribution < 1.29 is 9.31 Å². The minimum Gasteiger partial charge on any atom is -0.270 e. The fourth-order valence-corrected chi connectivity index (χ4v) is 3.08. The van der Waals surface area contributed by atoms with E-state index in [0.717, 1.165) is 0 Å². The van der Waals surface area contributed by atoms with Gasteiger partial charge in [0, 0.05) is 5.69 Å². The molecule has 1 atom stereocenters. The van der Waals surface area contributed by atoms with Crippen LogP contribution in [0.3, 0.4) is 0 Å². The largest absolute Gasteiger partial charge is 0.312 e. The van der Waals surface area contributed by atoms with E-state index in [4.69, 9.17) is 12.2 Å². The quantitative estimate of drug-likeness (QED) is 0.436. The molecule has 0 saturated carbocycles. The van der Waals surface area contributed by atoms with Gasteiger partial charge in [-0.1, -0.05) is 0 Å². The highest BCUT2D eigenvalue weighted by molar-refractivity contribution is 7.71. The number of aryl methyl sites for hydroxylation is 1. The Morgan fingerprint density at radius 3 is 2.52 bits per heavy atom. The molecule has 10 heteroatoms. The summed E-state index contributed by atoms with van der Waals surface area (Å²) >= 11 is 5.28. The first-order chi connectivity index (χ1) is 11.8. The summed E-state index contributed by atoms with van der Waals surface area (Å²) in [5.41, 5.74) is 1.37. The molecule has 0 saturated heterocycles. The Morgan fingerprint density at radius 1 is 1.32 bits per heavy atom. The maximum atomic E-state index is 13.2. The van der Waals surface area contributed by atoms with Crippen molar-refractivity contribution in [1.82, 2.24) is 24.5 Å². The van der Waals surface area contributed by atoms with Gasteiger partial charge in [-0.25, -0.2) is 4.39 Å². The van der Waals surface area contributed by atoms with E-state index in [2.05, 4.69) is 15.3 Å². The van der Waals surface area contributed by atoms with Crippen molar-refractivity contribution in [2.45, 2.75) is 26.8 Å². The number of nitrogens with one attached hydrogen (secondary N) is 1. The number of benzene rings is 1. The lowest BCUT2D eigenvalue weighted by Gasteiger charge is -2.15. The van der Waals surface area contributed by atoms with Crippen LogP contribution < -0.4 is 0 Å². The molecular formula is C15H15FN6O2S. The molecule has 0 spiro atoms. The number of nitrogens with zero attached hydrogens (tertiary/aromatic N) is 5. The molecule has 0 bridgehead atoms. The highest BCUT2D eigenvalue weighted by Crippen LogP contribution is 2.28. The first-order valence-corrected chi connectivity index (χ1v) is 7.85. The van der Waals surface area contributed by atoms with E-state index in [9.17, 15) is 14.5 Å². The number of aromatic nitrogens is 5. The number of nitro groups is 1.